The Morgan fingerprint density at radius 3 is 2.50 bits per heavy atom. The molecular formula is C17H22ClNO3. The van der Waals surface area contributed by atoms with Gasteiger partial charge in [-0.1, -0.05) is 36.6 Å². The maximum atomic E-state index is 12.1. The van der Waals surface area contributed by atoms with Gasteiger partial charge in [-0.3, -0.25) is 4.79 Å². The minimum atomic E-state index is -0.653. The Morgan fingerprint density at radius 1 is 1.27 bits per heavy atom. The first-order valence-corrected chi connectivity index (χ1v) is 8.08. The lowest BCUT2D eigenvalue weighted by molar-refractivity contribution is -0.145. The molecule has 5 heteroatoms. The molecule has 1 aliphatic carbocycles. The standard InChI is InChI=1S/C17H22ClNO3/c1-22-17(21)15(10-13-6-8-14(18)9-7-13)19-16(20)11-12-4-2-3-5-12/h6-9,12,15H,2-5,10-11H2,1H3,(H,19,20)/t15-/m0/s1. The number of amides is 1. The minimum absolute atomic E-state index is 0.0729. The molecule has 22 heavy (non-hydrogen) atoms. The topological polar surface area (TPSA) is 55.4 Å². The Labute approximate surface area is 136 Å². The molecule has 120 valence electrons. The van der Waals surface area contributed by atoms with Crippen LogP contribution in [0.4, 0.5) is 0 Å². The monoisotopic (exact) mass is 323 g/mol. The Kier molecular flexibility index (Phi) is 6.25. The molecule has 0 aliphatic heterocycles. The number of benzene rings is 1. The Bertz CT molecular complexity index is 509. The van der Waals surface area contributed by atoms with E-state index in [4.69, 9.17) is 16.3 Å². The molecule has 4 nitrogen and oxygen atoms in total. The number of carbonyl (C=O) groups excluding carboxylic acids is 2. The van der Waals surface area contributed by atoms with Gasteiger partial charge < -0.3 is 10.1 Å². The molecule has 1 fully saturated rings. The van der Waals surface area contributed by atoms with Crippen molar-refractivity contribution >= 4 is 23.5 Å². The van der Waals surface area contributed by atoms with E-state index in [-0.39, 0.29) is 5.91 Å². The number of esters is 1. The summed E-state index contributed by atoms with van der Waals surface area (Å²) >= 11 is 5.86. The molecule has 1 amide bonds. The van der Waals surface area contributed by atoms with E-state index in [1.165, 1.54) is 20.0 Å². The smallest absolute Gasteiger partial charge is 0.328 e. The van der Waals surface area contributed by atoms with Crippen molar-refractivity contribution in [2.45, 2.75) is 44.6 Å². The Morgan fingerprint density at radius 2 is 1.91 bits per heavy atom. The van der Waals surface area contributed by atoms with Crippen LogP contribution in [0, 0.1) is 5.92 Å². The van der Waals surface area contributed by atoms with Gasteiger partial charge in [0.25, 0.3) is 0 Å². The second kappa shape index (κ2) is 8.18. The second-order valence-corrected chi connectivity index (χ2v) is 6.26. The summed E-state index contributed by atoms with van der Waals surface area (Å²) in [6, 6.07) is 6.58. The molecule has 0 bridgehead atoms. The van der Waals surface area contributed by atoms with E-state index in [9.17, 15) is 9.59 Å². The lowest BCUT2D eigenvalue weighted by Crippen LogP contribution is -2.43. The summed E-state index contributed by atoms with van der Waals surface area (Å²) in [5, 5.41) is 3.45. The average Bonchev–Trinajstić information content (AvgIpc) is 3.00. The maximum Gasteiger partial charge on any atom is 0.328 e. The summed E-state index contributed by atoms with van der Waals surface area (Å²) in [4.78, 5) is 24.0. The molecule has 1 aromatic carbocycles. The normalized spacial score (nSPS) is 16.3. The molecule has 0 spiro atoms. The van der Waals surface area contributed by atoms with Crippen LogP contribution in [0.2, 0.25) is 5.02 Å². The van der Waals surface area contributed by atoms with Crippen LogP contribution in [0.15, 0.2) is 24.3 Å². The fourth-order valence-electron chi connectivity index (χ4n) is 2.92. The van der Waals surface area contributed by atoms with Crippen LogP contribution < -0.4 is 5.32 Å². The van der Waals surface area contributed by atoms with Gasteiger partial charge in [-0.15, -0.1) is 0 Å². The third kappa shape index (κ3) is 5.02. The van der Waals surface area contributed by atoms with Crippen molar-refractivity contribution in [1.82, 2.24) is 5.32 Å². The van der Waals surface area contributed by atoms with Crippen molar-refractivity contribution in [3.05, 3.63) is 34.9 Å². The molecule has 0 aromatic heterocycles. The van der Waals surface area contributed by atoms with Gasteiger partial charge in [-0.25, -0.2) is 4.79 Å². The predicted molar refractivity (Wildman–Crippen MR) is 85.7 cm³/mol. The van der Waals surface area contributed by atoms with Gasteiger partial charge in [-0.2, -0.15) is 0 Å². The fourth-order valence-corrected chi connectivity index (χ4v) is 3.05. The first-order valence-electron chi connectivity index (χ1n) is 7.70. The number of methoxy groups -OCH3 is 1. The SMILES string of the molecule is COC(=O)[C@H](Cc1ccc(Cl)cc1)NC(=O)CC1CCCC1. The van der Waals surface area contributed by atoms with Crippen LogP contribution in [-0.4, -0.2) is 25.0 Å². The molecule has 1 saturated carbocycles. The Hall–Kier alpha value is -1.55. The molecule has 0 saturated heterocycles. The van der Waals surface area contributed by atoms with E-state index in [2.05, 4.69) is 5.32 Å². The Balaban J connectivity index is 1.94. The number of halogens is 1. The fraction of sp³-hybridized carbons (Fsp3) is 0.529. The van der Waals surface area contributed by atoms with Gasteiger partial charge in [-0.05, 0) is 36.5 Å². The highest BCUT2D eigenvalue weighted by molar-refractivity contribution is 6.30. The summed E-state index contributed by atoms with van der Waals surface area (Å²) in [5.74, 6) is -0.0418. The first-order chi connectivity index (χ1) is 10.6. The lowest BCUT2D eigenvalue weighted by Gasteiger charge is -2.18. The maximum absolute atomic E-state index is 12.1. The van der Waals surface area contributed by atoms with Crippen molar-refractivity contribution in [3.8, 4) is 0 Å². The van der Waals surface area contributed by atoms with E-state index in [0.717, 1.165) is 18.4 Å². The van der Waals surface area contributed by atoms with Crippen LogP contribution in [0.25, 0.3) is 0 Å². The minimum Gasteiger partial charge on any atom is -0.467 e. The van der Waals surface area contributed by atoms with Crippen molar-refractivity contribution in [3.63, 3.8) is 0 Å². The van der Waals surface area contributed by atoms with E-state index in [1.54, 1.807) is 12.1 Å². The lowest BCUT2D eigenvalue weighted by atomic mass is 10.0. The molecule has 0 radical (unpaired) electrons. The number of carbonyl (C=O) groups is 2. The van der Waals surface area contributed by atoms with E-state index in [1.807, 2.05) is 12.1 Å². The molecule has 1 aliphatic rings. The van der Waals surface area contributed by atoms with Gasteiger partial charge in [0.15, 0.2) is 0 Å². The van der Waals surface area contributed by atoms with Gasteiger partial charge in [0.05, 0.1) is 7.11 Å². The van der Waals surface area contributed by atoms with Crippen LogP contribution in [0.1, 0.15) is 37.7 Å². The van der Waals surface area contributed by atoms with Gasteiger partial charge in [0.2, 0.25) is 5.91 Å². The molecule has 1 aromatic rings. The highest BCUT2D eigenvalue weighted by Gasteiger charge is 2.24. The molecule has 1 N–H and O–H groups in total. The highest BCUT2D eigenvalue weighted by Crippen LogP contribution is 2.27. The third-order valence-electron chi connectivity index (χ3n) is 4.12. The predicted octanol–water partition coefficient (Wildman–Crippen LogP) is 3.12. The number of hydrogen-bond donors (Lipinski definition) is 1. The summed E-state index contributed by atoms with van der Waals surface area (Å²) in [6.07, 6.45) is 5.50. The van der Waals surface area contributed by atoms with E-state index >= 15 is 0 Å². The van der Waals surface area contributed by atoms with Gasteiger partial charge in [0.1, 0.15) is 6.04 Å². The molecule has 1 atom stereocenters. The van der Waals surface area contributed by atoms with E-state index in [0.29, 0.717) is 23.8 Å². The summed E-state index contributed by atoms with van der Waals surface area (Å²) < 4.78 is 4.80. The second-order valence-electron chi connectivity index (χ2n) is 5.83. The number of ether oxygens (including phenoxy) is 1. The third-order valence-corrected chi connectivity index (χ3v) is 4.37. The molecular weight excluding hydrogens is 302 g/mol. The van der Waals surface area contributed by atoms with Crippen LogP contribution in [-0.2, 0) is 20.7 Å². The van der Waals surface area contributed by atoms with Crippen molar-refractivity contribution in [2.75, 3.05) is 7.11 Å². The molecule has 0 unspecified atom stereocenters. The summed E-state index contributed by atoms with van der Waals surface area (Å²) in [5.41, 5.74) is 0.931. The molecule has 2 rings (SSSR count). The van der Waals surface area contributed by atoms with E-state index < -0.39 is 12.0 Å². The zero-order valence-corrected chi connectivity index (χ0v) is 13.6. The van der Waals surface area contributed by atoms with Gasteiger partial charge >= 0.3 is 5.97 Å². The van der Waals surface area contributed by atoms with Crippen molar-refractivity contribution < 1.29 is 14.3 Å². The highest BCUT2D eigenvalue weighted by atomic mass is 35.5. The van der Waals surface area contributed by atoms with Crippen LogP contribution in [0.5, 0.6) is 0 Å². The quantitative estimate of drug-likeness (QED) is 0.818. The summed E-state index contributed by atoms with van der Waals surface area (Å²) in [6.45, 7) is 0. The van der Waals surface area contributed by atoms with Crippen LogP contribution in [0.3, 0.4) is 0 Å². The number of hydrogen-bond acceptors (Lipinski definition) is 3. The largest absolute Gasteiger partial charge is 0.467 e. The zero-order valence-electron chi connectivity index (χ0n) is 12.8. The first kappa shape index (κ1) is 16.8. The van der Waals surface area contributed by atoms with Crippen molar-refractivity contribution in [2.24, 2.45) is 5.92 Å². The van der Waals surface area contributed by atoms with Crippen molar-refractivity contribution in [1.29, 1.82) is 0 Å². The number of rotatable bonds is 6. The molecule has 0 heterocycles. The van der Waals surface area contributed by atoms with Gasteiger partial charge in [0, 0.05) is 17.9 Å². The average molecular weight is 324 g/mol. The number of nitrogens with one attached hydrogen (secondary N) is 1. The zero-order chi connectivity index (χ0) is 15.9. The summed E-state index contributed by atoms with van der Waals surface area (Å²) in [7, 11) is 1.33. The van der Waals surface area contributed by atoms with Crippen LogP contribution >= 0.6 is 11.6 Å².